The van der Waals surface area contributed by atoms with E-state index in [2.05, 4.69) is 0 Å². The fourth-order valence-electron chi connectivity index (χ4n) is 2.29. The van der Waals surface area contributed by atoms with E-state index in [-0.39, 0.29) is 12.0 Å². The molecule has 3 nitrogen and oxygen atoms in total. The van der Waals surface area contributed by atoms with Crippen LogP contribution in [-0.4, -0.2) is 18.6 Å². The van der Waals surface area contributed by atoms with Crippen LogP contribution in [0.15, 0.2) is 54.6 Å². The molecule has 2 aromatic rings. The van der Waals surface area contributed by atoms with Gasteiger partial charge in [0.05, 0.1) is 6.61 Å². The van der Waals surface area contributed by atoms with E-state index < -0.39 is 0 Å². The summed E-state index contributed by atoms with van der Waals surface area (Å²) in [5, 5.41) is 1.21. The molecular formula is C19H19Cl2NO2. The lowest BCUT2D eigenvalue weighted by Gasteiger charge is -2.09. The first-order valence-corrected chi connectivity index (χ1v) is 8.39. The van der Waals surface area contributed by atoms with Crippen molar-refractivity contribution in [1.82, 2.24) is 0 Å². The maximum atomic E-state index is 11.3. The lowest BCUT2D eigenvalue weighted by Crippen LogP contribution is -2.20. The van der Waals surface area contributed by atoms with Crippen LogP contribution in [-0.2, 0) is 16.0 Å². The van der Waals surface area contributed by atoms with Gasteiger partial charge in [-0.15, -0.1) is 0 Å². The molecule has 2 rings (SSSR count). The average Bonchev–Trinajstić information content (AvgIpc) is 2.53. The van der Waals surface area contributed by atoms with Gasteiger partial charge in [-0.3, -0.25) is 0 Å². The van der Waals surface area contributed by atoms with Crippen molar-refractivity contribution >= 4 is 29.2 Å². The number of ether oxygens (including phenoxy) is 1. The monoisotopic (exact) mass is 363 g/mol. The highest BCUT2D eigenvalue weighted by atomic mass is 35.5. The summed E-state index contributed by atoms with van der Waals surface area (Å²) in [5.74, 6) is -0.374. The number of nitrogens with two attached hydrogens (primary N) is 1. The Labute approximate surface area is 152 Å². The van der Waals surface area contributed by atoms with Crippen LogP contribution in [0.5, 0.6) is 0 Å². The molecule has 0 aliphatic heterocycles. The summed E-state index contributed by atoms with van der Waals surface area (Å²) in [6.45, 7) is 2.12. The topological polar surface area (TPSA) is 52.3 Å². The molecule has 0 saturated heterocycles. The van der Waals surface area contributed by atoms with Crippen molar-refractivity contribution in [2.75, 3.05) is 6.61 Å². The minimum absolute atomic E-state index is 0.249. The lowest BCUT2D eigenvalue weighted by molar-refractivity contribution is -0.137. The summed E-state index contributed by atoms with van der Waals surface area (Å²) in [4.78, 5) is 11.3. The molecule has 5 heteroatoms. The van der Waals surface area contributed by atoms with Crippen molar-refractivity contribution in [3.63, 3.8) is 0 Å². The lowest BCUT2D eigenvalue weighted by atomic mass is 10.0. The average molecular weight is 364 g/mol. The summed E-state index contributed by atoms with van der Waals surface area (Å²) in [7, 11) is 0. The number of hydrogen-bond donors (Lipinski definition) is 1. The van der Waals surface area contributed by atoms with Gasteiger partial charge in [-0.25, -0.2) is 4.79 Å². The Balaban J connectivity index is 2.02. The smallest absolute Gasteiger partial charge is 0.330 e. The summed E-state index contributed by atoms with van der Waals surface area (Å²) < 4.78 is 4.82. The second kappa shape index (κ2) is 8.88. The van der Waals surface area contributed by atoms with Gasteiger partial charge in [0.1, 0.15) is 0 Å². The molecule has 0 unspecified atom stereocenters. The van der Waals surface area contributed by atoms with E-state index >= 15 is 0 Å². The molecule has 0 aromatic heterocycles. The van der Waals surface area contributed by atoms with E-state index in [1.54, 1.807) is 19.1 Å². The predicted octanol–water partition coefficient (Wildman–Crippen LogP) is 4.65. The quantitative estimate of drug-likeness (QED) is 0.600. The third kappa shape index (κ3) is 5.68. The first-order valence-electron chi connectivity index (χ1n) is 7.64. The largest absolute Gasteiger partial charge is 0.463 e. The maximum Gasteiger partial charge on any atom is 0.330 e. The molecule has 1 atom stereocenters. The van der Waals surface area contributed by atoms with Gasteiger partial charge >= 0.3 is 5.97 Å². The van der Waals surface area contributed by atoms with E-state index in [4.69, 9.17) is 33.7 Å². The highest BCUT2D eigenvalue weighted by Gasteiger charge is 2.05. The predicted molar refractivity (Wildman–Crippen MR) is 99.4 cm³/mol. The van der Waals surface area contributed by atoms with E-state index in [0.717, 1.165) is 16.7 Å². The van der Waals surface area contributed by atoms with Crippen LogP contribution in [0.4, 0.5) is 0 Å². The van der Waals surface area contributed by atoms with E-state index in [0.29, 0.717) is 23.1 Å². The molecule has 0 amide bonds. The Morgan fingerprint density at radius 1 is 1.12 bits per heavy atom. The molecule has 2 N–H and O–H groups in total. The third-order valence-electron chi connectivity index (χ3n) is 3.39. The maximum absolute atomic E-state index is 11.3. The molecule has 0 aliphatic carbocycles. The molecule has 0 bridgehead atoms. The molecule has 126 valence electrons. The molecule has 24 heavy (non-hydrogen) atoms. The number of benzene rings is 2. The number of rotatable bonds is 6. The Kier molecular flexibility index (Phi) is 6.85. The van der Waals surface area contributed by atoms with Gasteiger partial charge in [0, 0.05) is 22.2 Å². The van der Waals surface area contributed by atoms with Crippen LogP contribution < -0.4 is 5.73 Å². The van der Waals surface area contributed by atoms with Gasteiger partial charge in [-0.2, -0.15) is 0 Å². The zero-order valence-corrected chi connectivity index (χ0v) is 14.8. The normalized spacial score (nSPS) is 12.3. The van der Waals surface area contributed by atoms with Crippen molar-refractivity contribution in [1.29, 1.82) is 0 Å². The van der Waals surface area contributed by atoms with E-state index in [9.17, 15) is 4.79 Å². The second-order valence-electron chi connectivity index (χ2n) is 5.33. The molecule has 0 fully saturated rings. The SMILES string of the molecule is CCOC(=O)C=C[C@H](N)Cc1ccc(-c2cc(Cl)cc(Cl)c2)cc1. The zero-order valence-electron chi connectivity index (χ0n) is 13.3. The highest BCUT2D eigenvalue weighted by molar-refractivity contribution is 6.35. The molecule has 2 aromatic carbocycles. The van der Waals surface area contributed by atoms with Crippen molar-refractivity contribution in [3.8, 4) is 11.1 Å². The van der Waals surface area contributed by atoms with Crippen LogP contribution in [0.1, 0.15) is 12.5 Å². The summed E-state index contributed by atoms with van der Waals surface area (Å²) in [6, 6.07) is 13.2. The Morgan fingerprint density at radius 2 is 1.75 bits per heavy atom. The standard InChI is InChI=1S/C19H19Cl2NO2/c1-2-24-19(23)8-7-18(22)9-13-3-5-14(6-4-13)15-10-16(20)12-17(21)11-15/h3-8,10-12,18H,2,9,22H2,1H3/t18-/m0/s1. The van der Waals surface area contributed by atoms with Gasteiger partial charge in [-0.1, -0.05) is 53.5 Å². The second-order valence-corrected chi connectivity index (χ2v) is 6.21. The van der Waals surface area contributed by atoms with Gasteiger partial charge < -0.3 is 10.5 Å². The van der Waals surface area contributed by atoms with Crippen molar-refractivity contribution in [2.45, 2.75) is 19.4 Å². The van der Waals surface area contributed by atoms with Gasteiger partial charge in [0.2, 0.25) is 0 Å². The Bertz CT molecular complexity index is 706. The van der Waals surface area contributed by atoms with E-state index in [1.807, 2.05) is 36.4 Å². The first kappa shape index (κ1) is 18.5. The molecule has 0 saturated carbocycles. The minimum atomic E-state index is -0.374. The number of halogens is 2. The molecule has 0 radical (unpaired) electrons. The number of esters is 1. The van der Waals surface area contributed by atoms with Crippen LogP contribution in [0.3, 0.4) is 0 Å². The fourth-order valence-corrected chi connectivity index (χ4v) is 2.81. The Hall–Kier alpha value is -1.81. The fraction of sp³-hybridized carbons (Fsp3) is 0.211. The summed E-state index contributed by atoms with van der Waals surface area (Å²) in [6.07, 6.45) is 3.66. The zero-order chi connectivity index (χ0) is 17.5. The van der Waals surface area contributed by atoms with Crippen molar-refractivity contribution in [3.05, 3.63) is 70.2 Å². The summed E-state index contributed by atoms with van der Waals surface area (Å²) in [5.41, 5.74) is 9.08. The van der Waals surface area contributed by atoms with Crippen LogP contribution >= 0.6 is 23.2 Å². The van der Waals surface area contributed by atoms with Crippen LogP contribution in [0.2, 0.25) is 10.0 Å². The first-order chi connectivity index (χ1) is 11.5. The van der Waals surface area contributed by atoms with Crippen molar-refractivity contribution < 1.29 is 9.53 Å². The molecule has 0 aliphatic rings. The molecule has 0 heterocycles. The molecular weight excluding hydrogens is 345 g/mol. The third-order valence-corrected chi connectivity index (χ3v) is 3.82. The van der Waals surface area contributed by atoms with Gasteiger partial charge in [-0.05, 0) is 48.2 Å². The molecule has 0 spiro atoms. The van der Waals surface area contributed by atoms with Crippen molar-refractivity contribution in [2.24, 2.45) is 5.73 Å². The summed E-state index contributed by atoms with van der Waals surface area (Å²) >= 11 is 12.1. The number of carbonyl (C=O) groups excluding carboxylic acids is 1. The number of hydrogen-bond acceptors (Lipinski definition) is 3. The number of carbonyl (C=O) groups is 1. The van der Waals surface area contributed by atoms with Gasteiger partial charge in [0.15, 0.2) is 0 Å². The van der Waals surface area contributed by atoms with Crippen LogP contribution in [0, 0.1) is 0 Å². The van der Waals surface area contributed by atoms with Gasteiger partial charge in [0.25, 0.3) is 0 Å². The Morgan fingerprint density at radius 3 is 2.33 bits per heavy atom. The minimum Gasteiger partial charge on any atom is -0.463 e. The van der Waals surface area contributed by atoms with Crippen LogP contribution in [0.25, 0.3) is 11.1 Å². The van der Waals surface area contributed by atoms with E-state index in [1.165, 1.54) is 6.08 Å². The highest BCUT2D eigenvalue weighted by Crippen LogP contribution is 2.27.